The Morgan fingerprint density at radius 2 is 2.13 bits per heavy atom. The van der Waals surface area contributed by atoms with Gasteiger partial charge < -0.3 is 4.74 Å². The third-order valence-electron chi connectivity index (χ3n) is 1.79. The van der Waals surface area contributed by atoms with Crippen molar-refractivity contribution in [3.8, 4) is 11.8 Å². The number of rotatable bonds is 4. The zero-order chi connectivity index (χ0) is 11.1. The van der Waals surface area contributed by atoms with Crippen LogP contribution in [0, 0.1) is 11.3 Å². The minimum atomic E-state index is 0.163. The van der Waals surface area contributed by atoms with Crippen LogP contribution in [0.2, 0.25) is 0 Å². The van der Waals surface area contributed by atoms with Crippen LogP contribution in [0.5, 0.6) is 5.75 Å². The molecule has 0 N–H and O–H groups in total. The first kappa shape index (κ1) is 11.3. The van der Waals surface area contributed by atoms with Gasteiger partial charge in [0.1, 0.15) is 5.75 Å². The summed E-state index contributed by atoms with van der Waals surface area (Å²) < 4.78 is 5.64. The highest BCUT2D eigenvalue weighted by atomic mass is 16.5. The second-order valence-electron chi connectivity index (χ2n) is 3.47. The van der Waals surface area contributed by atoms with Gasteiger partial charge in [0.25, 0.3) is 0 Å². The highest BCUT2D eigenvalue weighted by Gasteiger charge is 2.01. The van der Waals surface area contributed by atoms with Crippen molar-refractivity contribution in [1.29, 1.82) is 5.26 Å². The van der Waals surface area contributed by atoms with Gasteiger partial charge >= 0.3 is 0 Å². The van der Waals surface area contributed by atoms with Gasteiger partial charge in [-0.2, -0.15) is 5.26 Å². The number of hydrogen-bond acceptors (Lipinski definition) is 2. The minimum absolute atomic E-state index is 0.163. The quantitative estimate of drug-likeness (QED) is 0.748. The summed E-state index contributed by atoms with van der Waals surface area (Å²) in [5, 5.41) is 8.43. The van der Waals surface area contributed by atoms with Gasteiger partial charge in [-0.05, 0) is 19.9 Å². The average molecular weight is 201 g/mol. The molecule has 0 saturated heterocycles. The maximum Gasteiger partial charge on any atom is 0.126 e. The third-order valence-corrected chi connectivity index (χ3v) is 1.79. The molecule has 1 aromatic rings. The highest BCUT2D eigenvalue weighted by molar-refractivity contribution is 5.57. The summed E-state index contributed by atoms with van der Waals surface area (Å²) in [5.41, 5.74) is 1.02. The van der Waals surface area contributed by atoms with Crippen molar-refractivity contribution in [3.63, 3.8) is 0 Å². The first-order chi connectivity index (χ1) is 7.24. The van der Waals surface area contributed by atoms with Crippen LogP contribution < -0.4 is 4.74 Å². The molecule has 2 heteroatoms. The Bertz CT molecular complexity index is 374. The lowest BCUT2D eigenvalue weighted by Gasteiger charge is -2.11. The van der Waals surface area contributed by atoms with Gasteiger partial charge in [0.05, 0.1) is 18.6 Å². The minimum Gasteiger partial charge on any atom is -0.490 e. The van der Waals surface area contributed by atoms with E-state index in [2.05, 4.69) is 6.07 Å². The van der Waals surface area contributed by atoms with Crippen molar-refractivity contribution >= 4 is 6.08 Å². The molecule has 0 amide bonds. The summed E-state index contributed by atoms with van der Waals surface area (Å²) in [7, 11) is 0. The van der Waals surface area contributed by atoms with Crippen molar-refractivity contribution in [1.82, 2.24) is 0 Å². The smallest absolute Gasteiger partial charge is 0.126 e. The van der Waals surface area contributed by atoms with E-state index in [4.69, 9.17) is 10.00 Å². The normalized spacial score (nSPS) is 10.5. The van der Waals surface area contributed by atoms with Crippen molar-refractivity contribution < 1.29 is 4.74 Å². The van der Waals surface area contributed by atoms with Crippen molar-refractivity contribution in [2.45, 2.75) is 26.4 Å². The Kier molecular flexibility index (Phi) is 4.43. The Labute approximate surface area is 90.8 Å². The Morgan fingerprint density at radius 3 is 2.80 bits per heavy atom. The second kappa shape index (κ2) is 5.87. The SMILES string of the molecule is CC(C)Oc1ccccc1C=CCC#N. The van der Waals surface area contributed by atoms with E-state index in [1.165, 1.54) is 0 Å². The van der Waals surface area contributed by atoms with Crippen LogP contribution in [0.3, 0.4) is 0 Å². The molecule has 0 spiro atoms. The summed E-state index contributed by atoms with van der Waals surface area (Å²) in [5.74, 6) is 0.863. The summed E-state index contributed by atoms with van der Waals surface area (Å²) in [6, 6.07) is 9.89. The maximum atomic E-state index is 8.43. The van der Waals surface area contributed by atoms with Crippen LogP contribution in [0.25, 0.3) is 6.08 Å². The molecule has 0 saturated carbocycles. The van der Waals surface area contributed by atoms with Gasteiger partial charge in [-0.1, -0.05) is 30.4 Å². The lowest BCUT2D eigenvalue weighted by molar-refractivity contribution is 0.242. The van der Waals surface area contributed by atoms with E-state index in [1.807, 2.05) is 50.3 Å². The summed E-state index contributed by atoms with van der Waals surface area (Å²) in [6.45, 7) is 3.99. The molecular weight excluding hydrogens is 186 g/mol. The first-order valence-corrected chi connectivity index (χ1v) is 5.03. The van der Waals surface area contributed by atoms with Gasteiger partial charge in [0.2, 0.25) is 0 Å². The van der Waals surface area contributed by atoms with Gasteiger partial charge in [-0.25, -0.2) is 0 Å². The number of allylic oxidation sites excluding steroid dienone is 1. The highest BCUT2D eigenvalue weighted by Crippen LogP contribution is 2.20. The largest absolute Gasteiger partial charge is 0.490 e. The molecule has 0 aromatic heterocycles. The predicted molar refractivity (Wildman–Crippen MR) is 61.5 cm³/mol. The fourth-order valence-electron chi connectivity index (χ4n) is 1.22. The van der Waals surface area contributed by atoms with Crippen molar-refractivity contribution in [2.24, 2.45) is 0 Å². The number of hydrogen-bond donors (Lipinski definition) is 0. The molecule has 15 heavy (non-hydrogen) atoms. The second-order valence-corrected chi connectivity index (χ2v) is 3.47. The Balaban J connectivity index is 2.82. The first-order valence-electron chi connectivity index (χ1n) is 5.03. The molecule has 1 aromatic carbocycles. The van der Waals surface area contributed by atoms with Crippen LogP contribution in [0.15, 0.2) is 30.3 Å². The van der Waals surface area contributed by atoms with Crippen LogP contribution in [-0.2, 0) is 0 Å². The van der Waals surface area contributed by atoms with Crippen LogP contribution in [0.4, 0.5) is 0 Å². The summed E-state index contributed by atoms with van der Waals surface area (Å²) >= 11 is 0. The standard InChI is InChI=1S/C13H15NO/c1-11(2)15-13-9-4-3-7-12(13)8-5-6-10-14/h3-5,7-9,11H,6H2,1-2H3. The zero-order valence-electron chi connectivity index (χ0n) is 9.10. The van der Waals surface area contributed by atoms with Gasteiger partial charge in [0, 0.05) is 5.56 Å². The number of para-hydroxylation sites is 1. The predicted octanol–water partition coefficient (Wildman–Crippen LogP) is 3.40. The molecule has 0 aliphatic heterocycles. The fourth-order valence-corrected chi connectivity index (χ4v) is 1.22. The molecular formula is C13H15NO. The molecule has 78 valence electrons. The third kappa shape index (κ3) is 3.86. The maximum absolute atomic E-state index is 8.43. The van der Waals surface area contributed by atoms with Crippen LogP contribution in [0.1, 0.15) is 25.8 Å². The lowest BCUT2D eigenvalue weighted by Crippen LogP contribution is -2.06. The number of nitriles is 1. The number of benzene rings is 1. The van der Waals surface area contributed by atoms with E-state index in [1.54, 1.807) is 0 Å². The molecule has 1 rings (SSSR count). The van der Waals surface area contributed by atoms with E-state index in [-0.39, 0.29) is 6.10 Å². The van der Waals surface area contributed by atoms with Crippen molar-refractivity contribution in [3.05, 3.63) is 35.9 Å². The molecule has 0 aliphatic rings. The van der Waals surface area contributed by atoms with Crippen LogP contribution in [-0.4, -0.2) is 6.10 Å². The van der Waals surface area contributed by atoms with Gasteiger partial charge in [-0.15, -0.1) is 0 Å². The molecule has 0 radical (unpaired) electrons. The summed E-state index contributed by atoms with van der Waals surface area (Å²) in [6.07, 6.45) is 4.34. The van der Waals surface area contributed by atoms with E-state index >= 15 is 0 Å². The van der Waals surface area contributed by atoms with E-state index in [0.717, 1.165) is 11.3 Å². The molecule has 0 bridgehead atoms. The molecule has 0 unspecified atom stereocenters. The monoisotopic (exact) mass is 201 g/mol. The molecule has 2 nitrogen and oxygen atoms in total. The Morgan fingerprint density at radius 1 is 1.40 bits per heavy atom. The fraction of sp³-hybridized carbons (Fsp3) is 0.308. The summed E-state index contributed by atoms with van der Waals surface area (Å²) in [4.78, 5) is 0. The molecule has 0 heterocycles. The number of ether oxygens (including phenoxy) is 1. The topological polar surface area (TPSA) is 33.0 Å². The zero-order valence-corrected chi connectivity index (χ0v) is 9.10. The van der Waals surface area contributed by atoms with Gasteiger partial charge in [0.15, 0.2) is 0 Å². The van der Waals surface area contributed by atoms with E-state index < -0.39 is 0 Å². The molecule has 0 atom stereocenters. The number of nitrogens with zero attached hydrogens (tertiary/aromatic N) is 1. The van der Waals surface area contributed by atoms with Crippen LogP contribution >= 0.6 is 0 Å². The van der Waals surface area contributed by atoms with Crippen molar-refractivity contribution in [2.75, 3.05) is 0 Å². The Hall–Kier alpha value is -1.75. The molecule has 0 aliphatic carbocycles. The van der Waals surface area contributed by atoms with E-state index in [0.29, 0.717) is 6.42 Å². The lowest BCUT2D eigenvalue weighted by atomic mass is 10.2. The average Bonchev–Trinajstić information content (AvgIpc) is 2.20. The molecule has 0 fully saturated rings. The van der Waals surface area contributed by atoms with Gasteiger partial charge in [-0.3, -0.25) is 0 Å². The van der Waals surface area contributed by atoms with E-state index in [9.17, 15) is 0 Å².